The maximum atomic E-state index is 10.2. The zero-order chi connectivity index (χ0) is 16.5. The summed E-state index contributed by atoms with van der Waals surface area (Å²) in [5.74, 6) is 2.62. The normalized spacial score (nSPS) is 9.83. The van der Waals surface area contributed by atoms with Crippen molar-refractivity contribution in [1.29, 1.82) is 0 Å². The van der Waals surface area contributed by atoms with E-state index in [9.17, 15) is 4.79 Å². The first kappa shape index (κ1) is 17.2. The minimum Gasteiger partial charge on any atom is -0.489 e. The van der Waals surface area contributed by atoms with Crippen molar-refractivity contribution in [3.05, 3.63) is 59.1 Å². The summed E-state index contributed by atoms with van der Waals surface area (Å²) in [4.78, 5) is 10.2. The number of rotatable bonds is 8. The average Bonchev–Trinajstić information content (AvgIpc) is 2.55. The van der Waals surface area contributed by atoms with E-state index in [4.69, 9.17) is 37.4 Å². The first-order valence-corrected chi connectivity index (χ1v) is 7.51. The number of carbonyl (C=O) groups excluding carboxylic acids is 1. The lowest BCUT2D eigenvalue weighted by atomic mass is 10.3. The topological polar surface area (TPSA) is 44.8 Å². The third-order valence-electron chi connectivity index (χ3n) is 2.69. The number of benzene rings is 2. The van der Waals surface area contributed by atoms with Crippen LogP contribution in [0.1, 0.15) is 0 Å². The minimum absolute atomic E-state index is 0.0335. The van der Waals surface area contributed by atoms with Gasteiger partial charge in [0, 0.05) is 0 Å². The van der Waals surface area contributed by atoms with Crippen LogP contribution in [0.15, 0.2) is 59.1 Å². The van der Waals surface area contributed by atoms with Gasteiger partial charge < -0.3 is 14.2 Å². The molecule has 0 unspecified atom stereocenters. The molecule has 2 aromatic rings. The molecule has 0 N–H and O–H groups in total. The Morgan fingerprint density at radius 1 is 0.783 bits per heavy atom. The van der Waals surface area contributed by atoms with Crippen molar-refractivity contribution in [1.82, 2.24) is 0 Å². The van der Waals surface area contributed by atoms with Crippen molar-refractivity contribution in [2.24, 2.45) is 0 Å². The quantitative estimate of drug-likeness (QED) is 0.642. The van der Waals surface area contributed by atoms with Gasteiger partial charge in [0.2, 0.25) is 0 Å². The number of halogens is 2. The van der Waals surface area contributed by atoms with Crippen molar-refractivity contribution in [3.63, 3.8) is 0 Å². The molecule has 0 bridgehead atoms. The second kappa shape index (κ2) is 9.08. The van der Waals surface area contributed by atoms with Gasteiger partial charge in [0.15, 0.2) is 6.29 Å². The number of carbonyl (C=O) groups is 1. The third-order valence-corrected chi connectivity index (χ3v) is 3.00. The summed E-state index contributed by atoms with van der Waals surface area (Å²) in [5, 5.41) is 0. The molecule has 0 saturated carbocycles. The zero-order valence-electron chi connectivity index (χ0n) is 12.1. The molecule has 120 valence electrons. The van der Waals surface area contributed by atoms with E-state index in [0.29, 0.717) is 35.9 Å². The Bertz CT molecular complexity index is 647. The molecule has 0 radical (unpaired) electrons. The van der Waals surface area contributed by atoms with Gasteiger partial charge in [-0.25, -0.2) is 0 Å². The highest BCUT2D eigenvalue weighted by atomic mass is 35.5. The third kappa shape index (κ3) is 6.22. The van der Waals surface area contributed by atoms with Gasteiger partial charge in [0.05, 0.1) is 0 Å². The molecule has 0 amide bonds. The van der Waals surface area contributed by atoms with Crippen LogP contribution in [0.4, 0.5) is 0 Å². The van der Waals surface area contributed by atoms with Crippen LogP contribution in [0.5, 0.6) is 23.0 Å². The van der Waals surface area contributed by atoms with Crippen LogP contribution >= 0.6 is 23.2 Å². The standard InChI is InChI=1S/C17H14Cl2O4/c18-17(19)9-11-21-13-1-5-15(6-2-13)23-16-7-3-14(4-8-16)22-12-10-20/h1-10H,11-12H2. The fourth-order valence-corrected chi connectivity index (χ4v) is 1.80. The highest BCUT2D eigenvalue weighted by molar-refractivity contribution is 6.55. The van der Waals surface area contributed by atoms with Crippen LogP contribution < -0.4 is 14.2 Å². The van der Waals surface area contributed by atoms with E-state index in [1.807, 2.05) is 0 Å². The van der Waals surface area contributed by atoms with Gasteiger partial charge in [0.25, 0.3) is 0 Å². The van der Waals surface area contributed by atoms with Crippen molar-refractivity contribution < 1.29 is 19.0 Å². The number of aldehydes is 1. The van der Waals surface area contributed by atoms with Gasteiger partial charge >= 0.3 is 0 Å². The molecule has 0 aliphatic carbocycles. The van der Waals surface area contributed by atoms with E-state index < -0.39 is 0 Å². The first-order chi connectivity index (χ1) is 11.2. The predicted molar refractivity (Wildman–Crippen MR) is 89.8 cm³/mol. The van der Waals surface area contributed by atoms with Crippen LogP contribution in [0.2, 0.25) is 0 Å². The lowest BCUT2D eigenvalue weighted by Gasteiger charge is -2.08. The molecule has 0 spiro atoms. The van der Waals surface area contributed by atoms with E-state index in [0.717, 1.165) is 0 Å². The largest absolute Gasteiger partial charge is 0.489 e. The molecule has 4 nitrogen and oxygen atoms in total. The highest BCUT2D eigenvalue weighted by Crippen LogP contribution is 2.25. The summed E-state index contributed by atoms with van der Waals surface area (Å²) in [6.07, 6.45) is 2.26. The second-order valence-electron chi connectivity index (χ2n) is 4.33. The molecule has 2 rings (SSSR count). The molecule has 6 heteroatoms. The summed E-state index contributed by atoms with van der Waals surface area (Å²) in [6, 6.07) is 14.1. The van der Waals surface area contributed by atoms with Crippen LogP contribution in [0, 0.1) is 0 Å². The molecule has 0 aliphatic rings. The molecular weight excluding hydrogens is 339 g/mol. The summed E-state index contributed by atoms with van der Waals surface area (Å²) < 4.78 is 16.5. The summed E-state index contributed by atoms with van der Waals surface area (Å²) in [5.41, 5.74) is 0. The Morgan fingerprint density at radius 2 is 1.22 bits per heavy atom. The van der Waals surface area contributed by atoms with Gasteiger partial charge in [-0.1, -0.05) is 23.2 Å². The Hall–Kier alpha value is -2.17. The fourth-order valence-electron chi connectivity index (χ4n) is 1.68. The van der Waals surface area contributed by atoms with Crippen LogP contribution in [-0.4, -0.2) is 19.5 Å². The zero-order valence-corrected chi connectivity index (χ0v) is 13.6. The molecule has 0 atom stereocenters. The molecule has 0 saturated heterocycles. The van der Waals surface area contributed by atoms with E-state index >= 15 is 0 Å². The highest BCUT2D eigenvalue weighted by Gasteiger charge is 2.00. The van der Waals surface area contributed by atoms with Gasteiger partial charge in [0.1, 0.15) is 40.7 Å². The van der Waals surface area contributed by atoms with Crippen molar-refractivity contribution in [2.75, 3.05) is 13.2 Å². The summed E-state index contributed by atoms with van der Waals surface area (Å²) >= 11 is 11.0. The maximum Gasteiger partial charge on any atom is 0.157 e. The molecule has 23 heavy (non-hydrogen) atoms. The van der Waals surface area contributed by atoms with E-state index in [-0.39, 0.29) is 11.1 Å². The molecular formula is C17H14Cl2O4. The van der Waals surface area contributed by atoms with Gasteiger partial charge in [-0.3, -0.25) is 4.79 Å². The van der Waals surface area contributed by atoms with Gasteiger partial charge in [-0.05, 0) is 54.6 Å². The molecule has 0 aliphatic heterocycles. The molecule has 0 aromatic heterocycles. The SMILES string of the molecule is O=CCOc1ccc(Oc2ccc(OCC=C(Cl)Cl)cc2)cc1. The van der Waals surface area contributed by atoms with Crippen molar-refractivity contribution in [3.8, 4) is 23.0 Å². The Morgan fingerprint density at radius 3 is 1.65 bits per heavy atom. The molecule has 0 heterocycles. The second-order valence-corrected chi connectivity index (χ2v) is 5.34. The Kier molecular flexibility index (Phi) is 6.78. The number of hydrogen-bond acceptors (Lipinski definition) is 4. The van der Waals surface area contributed by atoms with Crippen molar-refractivity contribution >= 4 is 29.5 Å². The summed E-state index contributed by atoms with van der Waals surface area (Å²) in [6.45, 7) is 0.330. The van der Waals surface area contributed by atoms with E-state index in [2.05, 4.69) is 0 Å². The average molecular weight is 353 g/mol. The van der Waals surface area contributed by atoms with E-state index in [1.54, 1.807) is 54.6 Å². The van der Waals surface area contributed by atoms with Crippen LogP contribution in [0.25, 0.3) is 0 Å². The predicted octanol–water partition coefficient (Wildman–Crippen LogP) is 4.75. The minimum atomic E-state index is 0.0335. The van der Waals surface area contributed by atoms with Crippen molar-refractivity contribution in [2.45, 2.75) is 0 Å². The lowest BCUT2D eigenvalue weighted by Crippen LogP contribution is -1.97. The van der Waals surface area contributed by atoms with E-state index in [1.165, 1.54) is 0 Å². The van der Waals surface area contributed by atoms with Gasteiger partial charge in [-0.15, -0.1) is 0 Å². The smallest absolute Gasteiger partial charge is 0.157 e. The molecule has 0 fully saturated rings. The lowest BCUT2D eigenvalue weighted by molar-refractivity contribution is -0.109. The first-order valence-electron chi connectivity index (χ1n) is 6.76. The number of hydrogen-bond donors (Lipinski definition) is 0. The maximum absolute atomic E-state index is 10.2. The molecule has 2 aromatic carbocycles. The Balaban J connectivity index is 1.90. The van der Waals surface area contributed by atoms with Gasteiger partial charge in [-0.2, -0.15) is 0 Å². The van der Waals surface area contributed by atoms with Crippen LogP contribution in [-0.2, 0) is 4.79 Å². The van der Waals surface area contributed by atoms with Crippen LogP contribution in [0.3, 0.4) is 0 Å². The Labute approximate surface area is 144 Å². The summed E-state index contributed by atoms with van der Waals surface area (Å²) in [7, 11) is 0. The fraction of sp³-hybridized carbons (Fsp3) is 0.118. The number of ether oxygens (including phenoxy) is 3. The monoisotopic (exact) mass is 352 g/mol.